The first kappa shape index (κ1) is 11.5. The summed E-state index contributed by atoms with van der Waals surface area (Å²) in [6.45, 7) is 1.54. The Morgan fingerprint density at radius 1 is 1.00 bits per heavy atom. The number of aromatic hydroxyl groups is 1. The van der Waals surface area contributed by atoms with Gasteiger partial charge in [-0.3, -0.25) is 0 Å². The monoisotopic (exact) mass is 230 g/mol. The molecule has 0 radical (unpaired) electrons. The number of rotatable bonds is 3. The number of benzene rings is 2. The Morgan fingerprint density at radius 3 is 2.35 bits per heavy atom. The number of para-hydroxylation sites is 1. The summed E-state index contributed by atoms with van der Waals surface area (Å²) in [5, 5.41) is 19.6. The van der Waals surface area contributed by atoms with Crippen LogP contribution < -0.4 is 4.74 Å². The minimum Gasteiger partial charge on any atom is -0.508 e. The largest absolute Gasteiger partial charge is 0.508 e. The zero-order valence-corrected chi connectivity index (χ0v) is 9.50. The highest BCUT2D eigenvalue weighted by Crippen LogP contribution is 2.27. The van der Waals surface area contributed by atoms with Crippen LogP contribution in [0.4, 0.5) is 0 Å². The Morgan fingerprint density at radius 2 is 1.71 bits per heavy atom. The molecule has 1 unspecified atom stereocenters. The van der Waals surface area contributed by atoms with Crippen LogP contribution in [0.5, 0.6) is 11.5 Å². The van der Waals surface area contributed by atoms with Gasteiger partial charge in [0.15, 0.2) is 0 Å². The second kappa shape index (κ2) is 4.47. The van der Waals surface area contributed by atoms with Gasteiger partial charge in [-0.1, -0.05) is 30.3 Å². The van der Waals surface area contributed by atoms with Crippen LogP contribution >= 0.6 is 0 Å². The number of phenols is 1. The van der Waals surface area contributed by atoms with Gasteiger partial charge in [0, 0.05) is 12.5 Å². The Labute approximate surface area is 99.9 Å². The van der Waals surface area contributed by atoms with Gasteiger partial charge in [0.1, 0.15) is 11.5 Å². The van der Waals surface area contributed by atoms with E-state index in [1.54, 1.807) is 30.3 Å². The maximum Gasteiger partial charge on any atom is 0.232 e. The van der Waals surface area contributed by atoms with Crippen LogP contribution in [0.1, 0.15) is 12.5 Å². The number of phenolic OH excluding ortho intramolecular Hbond substituents is 1. The van der Waals surface area contributed by atoms with Gasteiger partial charge in [0.2, 0.25) is 5.79 Å². The molecule has 0 saturated heterocycles. The third-order valence-electron chi connectivity index (χ3n) is 2.44. The first-order valence-electron chi connectivity index (χ1n) is 5.34. The van der Waals surface area contributed by atoms with Gasteiger partial charge in [-0.2, -0.15) is 0 Å². The summed E-state index contributed by atoms with van der Waals surface area (Å²) in [4.78, 5) is 0. The number of hydrogen-bond donors (Lipinski definition) is 2. The topological polar surface area (TPSA) is 49.7 Å². The maximum absolute atomic E-state index is 10.2. The molecule has 88 valence electrons. The molecule has 3 nitrogen and oxygen atoms in total. The molecule has 0 heterocycles. The van der Waals surface area contributed by atoms with Crippen molar-refractivity contribution in [3.63, 3.8) is 0 Å². The highest BCUT2D eigenvalue weighted by molar-refractivity contribution is 5.31. The van der Waals surface area contributed by atoms with Crippen LogP contribution in [-0.2, 0) is 5.79 Å². The molecule has 0 amide bonds. The molecule has 0 bridgehead atoms. The van der Waals surface area contributed by atoms with Gasteiger partial charge in [-0.05, 0) is 24.3 Å². The molecule has 2 rings (SSSR count). The van der Waals surface area contributed by atoms with Gasteiger partial charge in [0.05, 0.1) is 0 Å². The van der Waals surface area contributed by atoms with Crippen molar-refractivity contribution in [1.29, 1.82) is 0 Å². The SMILES string of the molecule is CC(O)(Oc1ccccc1)c1cccc(O)c1. The van der Waals surface area contributed by atoms with E-state index in [2.05, 4.69) is 0 Å². The van der Waals surface area contributed by atoms with Crippen LogP contribution in [-0.4, -0.2) is 10.2 Å². The molecular formula is C14H14O3. The van der Waals surface area contributed by atoms with E-state index in [1.165, 1.54) is 13.0 Å². The molecule has 0 aliphatic heterocycles. The van der Waals surface area contributed by atoms with Crippen molar-refractivity contribution in [1.82, 2.24) is 0 Å². The summed E-state index contributed by atoms with van der Waals surface area (Å²) in [5.74, 6) is -0.805. The minimum atomic E-state index is -1.47. The lowest BCUT2D eigenvalue weighted by molar-refractivity contribution is -0.129. The molecule has 0 spiro atoms. The Balaban J connectivity index is 2.25. The minimum absolute atomic E-state index is 0.0967. The van der Waals surface area contributed by atoms with Crippen LogP contribution in [0, 0.1) is 0 Å². The van der Waals surface area contributed by atoms with E-state index < -0.39 is 5.79 Å². The number of ether oxygens (including phenoxy) is 1. The summed E-state index contributed by atoms with van der Waals surface area (Å²) in [6, 6.07) is 15.4. The number of hydrogen-bond acceptors (Lipinski definition) is 3. The second-order valence-electron chi connectivity index (χ2n) is 3.95. The van der Waals surface area contributed by atoms with E-state index in [4.69, 9.17) is 4.74 Å². The van der Waals surface area contributed by atoms with E-state index in [1.807, 2.05) is 18.2 Å². The van der Waals surface area contributed by atoms with Crippen molar-refractivity contribution in [3.8, 4) is 11.5 Å². The fraction of sp³-hybridized carbons (Fsp3) is 0.143. The smallest absolute Gasteiger partial charge is 0.232 e. The maximum atomic E-state index is 10.2. The normalized spacial score (nSPS) is 14.0. The molecule has 0 aliphatic carbocycles. The van der Waals surface area contributed by atoms with Crippen molar-refractivity contribution < 1.29 is 14.9 Å². The van der Waals surface area contributed by atoms with Gasteiger partial charge in [0.25, 0.3) is 0 Å². The molecule has 1 atom stereocenters. The van der Waals surface area contributed by atoms with Gasteiger partial charge in [-0.25, -0.2) is 0 Å². The summed E-state index contributed by atoms with van der Waals surface area (Å²) in [7, 11) is 0. The zero-order chi connectivity index (χ0) is 12.3. The van der Waals surface area contributed by atoms with Crippen LogP contribution in [0.3, 0.4) is 0 Å². The van der Waals surface area contributed by atoms with E-state index in [0.29, 0.717) is 11.3 Å². The molecule has 2 aromatic carbocycles. The molecule has 2 N–H and O–H groups in total. The number of aliphatic hydroxyl groups is 1. The highest BCUT2D eigenvalue weighted by atomic mass is 16.6. The van der Waals surface area contributed by atoms with Gasteiger partial charge < -0.3 is 14.9 Å². The lowest BCUT2D eigenvalue weighted by Crippen LogP contribution is -2.28. The molecule has 2 aromatic rings. The van der Waals surface area contributed by atoms with Crippen molar-refractivity contribution in [2.24, 2.45) is 0 Å². The summed E-state index contributed by atoms with van der Waals surface area (Å²) in [5.41, 5.74) is 0.501. The molecule has 0 aromatic heterocycles. The van der Waals surface area contributed by atoms with E-state index in [9.17, 15) is 10.2 Å². The average Bonchev–Trinajstić information content (AvgIpc) is 2.30. The van der Waals surface area contributed by atoms with Crippen LogP contribution in [0.15, 0.2) is 54.6 Å². The molecule has 0 fully saturated rings. The lowest BCUT2D eigenvalue weighted by atomic mass is 10.1. The quantitative estimate of drug-likeness (QED) is 0.797. The third kappa shape index (κ3) is 2.77. The molecule has 0 aliphatic rings. The summed E-state index contributed by atoms with van der Waals surface area (Å²) in [6.07, 6.45) is 0. The third-order valence-corrected chi connectivity index (χ3v) is 2.44. The highest BCUT2D eigenvalue weighted by Gasteiger charge is 2.25. The molecule has 3 heteroatoms. The van der Waals surface area contributed by atoms with Crippen molar-refractivity contribution >= 4 is 0 Å². The van der Waals surface area contributed by atoms with Crippen molar-refractivity contribution in [3.05, 3.63) is 60.2 Å². The Bertz CT molecular complexity index is 492. The molecule has 17 heavy (non-hydrogen) atoms. The van der Waals surface area contributed by atoms with Gasteiger partial charge in [-0.15, -0.1) is 0 Å². The summed E-state index contributed by atoms with van der Waals surface area (Å²) < 4.78 is 5.49. The second-order valence-corrected chi connectivity index (χ2v) is 3.95. The Hall–Kier alpha value is -2.00. The fourth-order valence-corrected chi connectivity index (χ4v) is 1.57. The van der Waals surface area contributed by atoms with Crippen LogP contribution in [0.2, 0.25) is 0 Å². The zero-order valence-electron chi connectivity index (χ0n) is 9.50. The standard InChI is InChI=1S/C14H14O3/c1-14(16,11-6-5-7-12(15)10-11)17-13-8-3-2-4-9-13/h2-10,15-16H,1H3. The lowest BCUT2D eigenvalue weighted by Gasteiger charge is -2.25. The van der Waals surface area contributed by atoms with E-state index in [0.717, 1.165) is 0 Å². The first-order chi connectivity index (χ1) is 8.08. The molecular weight excluding hydrogens is 216 g/mol. The average molecular weight is 230 g/mol. The Kier molecular flexibility index (Phi) is 3.02. The van der Waals surface area contributed by atoms with E-state index >= 15 is 0 Å². The van der Waals surface area contributed by atoms with E-state index in [-0.39, 0.29) is 5.75 Å². The van der Waals surface area contributed by atoms with Crippen molar-refractivity contribution in [2.75, 3.05) is 0 Å². The predicted octanol–water partition coefficient (Wildman–Crippen LogP) is 2.64. The first-order valence-corrected chi connectivity index (χ1v) is 5.34. The predicted molar refractivity (Wildman–Crippen MR) is 64.7 cm³/mol. The van der Waals surface area contributed by atoms with Gasteiger partial charge >= 0.3 is 0 Å². The summed E-state index contributed by atoms with van der Waals surface area (Å²) >= 11 is 0. The molecule has 0 saturated carbocycles. The van der Waals surface area contributed by atoms with Crippen LogP contribution in [0.25, 0.3) is 0 Å². The van der Waals surface area contributed by atoms with Crippen molar-refractivity contribution in [2.45, 2.75) is 12.7 Å². The fourth-order valence-electron chi connectivity index (χ4n) is 1.57.